The molecule has 0 heterocycles. The molecule has 0 atom stereocenters. The molecule has 0 aliphatic heterocycles. The van der Waals surface area contributed by atoms with E-state index in [2.05, 4.69) is 38.1 Å². The molecule has 92 valence electrons. The van der Waals surface area contributed by atoms with Gasteiger partial charge in [0, 0.05) is 5.56 Å². The van der Waals surface area contributed by atoms with Crippen molar-refractivity contribution in [3.05, 3.63) is 58.6 Å². The van der Waals surface area contributed by atoms with Gasteiger partial charge in [-0.3, -0.25) is 4.79 Å². The zero-order chi connectivity index (χ0) is 13.1. The van der Waals surface area contributed by atoms with Gasteiger partial charge in [0.25, 0.3) is 0 Å². The van der Waals surface area contributed by atoms with Crippen LogP contribution in [0.2, 0.25) is 5.02 Å². The quantitative estimate of drug-likeness (QED) is 0.713. The number of halogens is 1. The SMILES string of the molecule is CC(C)c1ccc(-c2ccc(Cl)c(C=O)c2)cc1. The number of aldehydes is 1. The maximum absolute atomic E-state index is 10.9. The van der Waals surface area contributed by atoms with E-state index >= 15 is 0 Å². The van der Waals surface area contributed by atoms with Gasteiger partial charge in [-0.1, -0.05) is 55.8 Å². The van der Waals surface area contributed by atoms with Gasteiger partial charge in [0.15, 0.2) is 6.29 Å². The predicted octanol–water partition coefficient (Wildman–Crippen LogP) is 4.94. The fourth-order valence-corrected chi connectivity index (χ4v) is 2.04. The Kier molecular flexibility index (Phi) is 3.83. The maximum Gasteiger partial charge on any atom is 0.151 e. The van der Waals surface area contributed by atoms with Crippen LogP contribution in [0.15, 0.2) is 42.5 Å². The van der Waals surface area contributed by atoms with Crippen LogP contribution in [0, 0.1) is 0 Å². The Morgan fingerprint density at radius 3 is 2.17 bits per heavy atom. The van der Waals surface area contributed by atoms with Gasteiger partial charge in [-0.2, -0.15) is 0 Å². The third kappa shape index (κ3) is 2.62. The molecule has 0 aromatic heterocycles. The van der Waals surface area contributed by atoms with E-state index in [9.17, 15) is 4.79 Å². The summed E-state index contributed by atoms with van der Waals surface area (Å²) in [5.74, 6) is 0.523. The van der Waals surface area contributed by atoms with Crippen molar-refractivity contribution in [2.75, 3.05) is 0 Å². The van der Waals surface area contributed by atoms with Crippen molar-refractivity contribution in [2.24, 2.45) is 0 Å². The molecular formula is C16H15ClO. The molecule has 0 bridgehead atoms. The molecule has 0 saturated carbocycles. The highest BCUT2D eigenvalue weighted by atomic mass is 35.5. The molecule has 1 nitrogen and oxygen atoms in total. The topological polar surface area (TPSA) is 17.1 Å². The third-order valence-electron chi connectivity index (χ3n) is 3.03. The second-order valence-electron chi connectivity index (χ2n) is 4.63. The number of hydrogen-bond acceptors (Lipinski definition) is 1. The van der Waals surface area contributed by atoms with Crippen LogP contribution in [0.1, 0.15) is 35.7 Å². The fraction of sp³-hybridized carbons (Fsp3) is 0.188. The van der Waals surface area contributed by atoms with Gasteiger partial charge in [0.1, 0.15) is 0 Å². The summed E-state index contributed by atoms with van der Waals surface area (Å²) in [6.45, 7) is 4.34. The summed E-state index contributed by atoms with van der Waals surface area (Å²) in [5, 5.41) is 0.493. The molecule has 18 heavy (non-hydrogen) atoms. The third-order valence-corrected chi connectivity index (χ3v) is 3.38. The summed E-state index contributed by atoms with van der Waals surface area (Å²) in [6, 6.07) is 13.9. The molecule has 0 aliphatic rings. The molecule has 0 radical (unpaired) electrons. The number of hydrogen-bond donors (Lipinski definition) is 0. The van der Waals surface area contributed by atoms with Crippen LogP contribution in [0.4, 0.5) is 0 Å². The summed E-state index contributed by atoms with van der Waals surface area (Å²) >= 11 is 5.92. The molecule has 2 rings (SSSR count). The summed E-state index contributed by atoms with van der Waals surface area (Å²) in [4.78, 5) is 10.9. The Labute approximate surface area is 112 Å². The van der Waals surface area contributed by atoms with Crippen LogP contribution >= 0.6 is 11.6 Å². The van der Waals surface area contributed by atoms with Gasteiger partial charge in [-0.15, -0.1) is 0 Å². The highest BCUT2D eigenvalue weighted by Crippen LogP contribution is 2.26. The molecule has 2 aromatic rings. The lowest BCUT2D eigenvalue weighted by atomic mass is 9.98. The van der Waals surface area contributed by atoms with Gasteiger partial charge >= 0.3 is 0 Å². The minimum atomic E-state index is 0.493. The van der Waals surface area contributed by atoms with Crippen LogP contribution in [0.5, 0.6) is 0 Å². The zero-order valence-corrected chi connectivity index (χ0v) is 11.2. The number of carbonyl (C=O) groups excluding carboxylic acids is 1. The molecule has 0 unspecified atom stereocenters. The monoisotopic (exact) mass is 258 g/mol. The van der Waals surface area contributed by atoms with Crippen molar-refractivity contribution in [2.45, 2.75) is 19.8 Å². The average Bonchev–Trinajstić information content (AvgIpc) is 2.39. The molecule has 2 heteroatoms. The number of carbonyl (C=O) groups is 1. The van der Waals surface area contributed by atoms with Gasteiger partial charge in [0.05, 0.1) is 5.02 Å². The standard InChI is InChI=1S/C16H15ClO/c1-11(2)12-3-5-13(6-4-12)14-7-8-16(17)15(9-14)10-18/h3-11H,1-2H3. The summed E-state index contributed by atoms with van der Waals surface area (Å²) < 4.78 is 0. The zero-order valence-electron chi connectivity index (χ0n) is 10.5. The van der Waals surface area contributed by atoms with Gasteiger partial charge in [-0.25, -0.2) is 0 Å². The Balaban J connectivity index is 2.39. The van der Waals surface area contributed by atoms with E-state index in [1.807, 2.05) is 12.1 Å². The van der Waals surface area contributed by atoms with Crippen molar-refractivity contribution >= 4 is 17.9 Å². The minimum Gasteiger partial charge on any atom is -0.298 e. The normalized spacial score (nSPS) is 10.7. The van der Waals surface area contributed by atoms with Crippen molar-refractivity contribution in [3.63, 3.8) is 0 Å². The van der Waals surface area contributed by atoms with E-state index in [1.54, 1.807) is 6.07 Å². The Bertz CT molecular complexity index is 556. The van der Waals surface area contributed by atoms with Gasteiger partial charge in [0.2, 0.25) is 0 Å². The lowest BCUT2D eigenvalue weighted by Gasteiger charge is -2.08. The Hall–Kier alpha value is -1.60. The van der Waals surface area contributed by atoms with E-state index in [4.69, 9.17) is 11.6 Å². The molecule has 0 spiro atoms. The maximum atomic E-state index is 10.9. The highest BCUT2D eigenvalue weighted by molar-refractivity contribution is 6.33. The fourth-order valence-electron chi connectivity index (χ4n) is 1.87. The van der Waals surface area contributed by atoms with E-state index < -0.39 is 0 Å². The first-order chi connectivity index (χ1) is 8.61. The van der Waals surface area contributed by atoms with E-state index in [-0.39, 0.29) is 0 Å². The number of rotatable bonds is 3. The average molecular weight is 259 g/mol. The molecule has 0 aliphatic carbocycles. The van der Waals surface area contributed by atoms with Crippen LogP contribution in [0.3, 0.4) is 0 Å². The lowest BCUT2D eigenvalue weighted by molar-refractivity contribution is 0.112. The molecule has 0 fully saturated rings. The Morgan fingerprint density at radius 2 is 1.61 bits per heavy atom. The second-order valence-corrected chi connectivity index (χ2v) is 5.04. The first-order valence-electron chi connectivity index (χ1n) is 5.97. The first-order valence-corrected chi connectivity index (χ1v) is 6.34. The van der Waals surface area contributed by atoms with Crippen LogP contribution in [-0.2, 0) is 0 Å². The summed E-state index contributed by atoms with van der Waals surface area (Å²) in [7, 11) is 0. The molecule has 0 saturated heterocycles. The minimum absolute atomic E-state index is 0.493. The second kappa shape index (κ2) is 5.36. The van der Waals surface area contributed by atoms with Crippen molar-refractivity contribution < 1.29 is 4.79 Å². The highest BCUT2D eigenvalue weighted by Gasteiger charge is 2.04. The van der Waals surface area contributed by atoms with Crippen LogP contribution in [0.25, 0.3) is 11.1 Å². The summed E-state index contributed by atoms with van der Waals surface area (Å²) in [6.07, 6.45) is 0.786. The smallest absolute Gasteiger partial charge is 0.151 e. The molecule has 2 aromatic carbocycles. The van der Waals surface area contributed by atoms with Gasteiger partial charge in [-0.05, 0) is 34.7 Å². The predicted molar refractivity (Wildman–Crippen MR) is 76.4 cm³/mol. The van der Waals surface area contributed by atoms with Crippen LogP contribution in [-0.4, -0.2) is 6.29 Å². The first kappa shape index (κ1) is 12.8. The van der Waals surface area contributed by atoms with Crippen molar-refractivity contribution in [1.29, 1.82) is 0 Å². The van der Waals surface area contributed by atoms with Crippen molar-refractivity contribution in [1.82, 2.24) is 0 Å². The molecule has 0 amide bonds. The van der Waals surface area contributed by atoms with Crippen LogP contribution < -0.4 is 0 Å². The largest absolute Gasteiger partial charge is 0.298 e. The molecule has 0 N–H and O–H groups in total. The van der Waals surface area contributed by atoms with Crippen molar-refractivity contribution in [3.8, 4) is 11.1 Å². The van der Waals surface area contributed by atoms with E-state index in [0.29, 0.717) is 16.5 Å². The molecular weight excluding hydrogens is 244 g/mol. The lowest BCUT2D eigenvalue weighted by Crippen LogP contribution is -1.88. The van der Waals surface area contributed by atoms with E-state index in [0.717, 1.165) is 17.4 Å². The number of benzene rings is 2. The van der Waals surface area contributed by atoms with Gasteiger partial charge < -0.3 is 0 Å². The Morgan fingerprint density at radius 1 is 1.00 bits per heavy atom. The summed E-state index contributed by atoms with van der Waals surface area (Å²) in [5.41, 5.74) is 3.95. The van der Waals surface area contributed by atoms with E-state index in [1.165, 1.54) is 5.56 Å².